The maximum absolute atomic E-state index is 12.5. The molecule has 0 N–H and O–H groups in total. The fraction of sp³-hybridized carbons (Fsp3) is 0.333. The van der Waals surface area contributed by atoms with E-state index in [1.807, 2.05) is 12.1 Å². The summed E-state index contributed by atoms with van der Waals surface area (Å²) in [5.74, 6) is 0.645. The Morgan fingerprint density at radius 1 is 1.04 bits per heavy atom. The van der Waals surface area contributed by atoms with Crippen LogP contribution in [0.5, 0.6) is 11.5 Å². The Morgan fingerprint density at radius 3 is 2.32 bits per heavy atom. The molecule has 2 aromatic rings. The largest absolute Gasteiger partial charge is 0.493 e. The van der Waals surface area contributed by atoms with Crippen LogP contribution in [0.2, 0.25) is 5.02 Å². The molecule has 3 rings (SSSR count). The molecule has 148 valence electrons. The highest BCUT2D eigenvalue weighted by molar-refractivity contribution is 6.30. The van der Waals surface area contributed by atoms with Crippen molar-refractivity contribution in [3.63, 3.8) is 0 Å². The molecule has 2 aromatic carbocycles. The molecule has 0 bridgehead atoms. The van der Waals surface area contributed by atoms with Crippen LogP contribution in [0.25, 0.3) is 0 Å². The lowest BCUT2D eigenvalue weighted by Crippen LogP contribution is -2.38. The molecule has 1 heterocycles. The molecule has 6 nitrogen and oxygen atoms in total. The number of hydrogen-bond donors (Lipinski definition) is 0. The van der Waals surface area contributed by atoms with Crippen molar-refractivity contribution in [2.75, 3.05) is 27.4 Å². The van der Waals surface area contributed by atoms with Gasteiger partial charge in [-0.1, -0.05) is 23.7 Å². The Balaban J connectivity index is 1.55. The minimum absolute atomic E-state index is 0.101. The Morgan fingerprint density at radius 2 is 1.68 bits per heavy atom. The van der Waals surface area contributed by atoms with Crippen LogP contribution in [-0.4, -0.2) is 44.1 Å². The highest BCUT2D eigenvalue weighted by Crippen LogP contribution is 2.33. The van der Waals surface area contributed by atoms with Crippen LogP contribution in [0.3, 0.4) is 0 Å². The summed E-state index contributed by atoms with van der Waals surface area (Å²) in [6, 6.07) is 10.8. The number of carbonyl (C=O) groups is 2. The van der Waals surface area contributed by atoms with E-state index in [-0.39, 0.29) is 18.9 Å². The van der Waals surface area contributed by atoms with Gasteiger partial charge in [-0.2, -0.15) is 0 Å². The molecule has 1 aliphatic rings. The molecule has 0 aliphatic carbocycles. The van der Waals surface area contributed by atoms with E-state index in [1.165, 1.54) is 0 Å². The van der Waals surface area contributed by atoms with Gasteiger partial charge in [-0.15, -0.1) is 0 Å². The molecular weight excluding hydrogens is 382 g/mol. The summed E-state index contributed by atoms with van der Waals surface area (Å²) in [5.41, 5.74) is 2.92. The van der Waals surface area contributed by atoms with Crippen LogP contribution in [-0.2, 0) is 33.7 Å². The zero-order chi connectivity index (χ0) is 20.1. The number of hydrogen-bond acceptors (Lipinski definition) is 5. The van der Waals surface area contributed by atoms with E-state index in [4.69, 9.17) is 25.8 Å². The van der Waals surface area contributed by atoms with Crippen LogP contribution >= 0.6 is 11.6 Å². The third-order valence-corrected chi connectivity index (χ3v) is 4.94. The average Bonchev–Trinajstić information content (AvgIpc) is 2.72. The summed E-state index contributed by atoms with van der Waals surface area (Å²) >= 11 is 5.83. The van der Waals surface area contributed by atoms with Crippen molar-refractivity contribution >= 4 is 23.5 Å². The van der Waals surface area contributed by atoms with Gasteiger partial charge in [0, 0.05) is 18.1 Å². The van der Waals surface area contributed by atoms with Gasteiger partial charge in [-0.3, -0.25) is 9.59 Å². The van der Waals surface area contributed by atoms with Crippen LogP contribution in [0, 0.1) is 0 Å². The third kappa shape index (κ3) is 4.75. The summed E-state index contributed by atoms with van der Waals surface area (Å²) in [7, 11) is 3.18. The second kappa shape index (κ2) is 8.97. The van der Waals surface area contributed by atoms with Gasteiger partial charge in [-0.05, 0) is 47.4 Å². The molecule has 0 spiro atoms. The number of nitrogens with zero attached hydrogens (tertiary/aromatic N) is 1. The Bertz CT molecular complexity index is 866. The minimum Gasteiger partial charge on any atom is -0.493 e. The van der Waals surface area contributed by atoms with Gasteiger partial charge >= 0.3 is 5.97 Å². The van der Waals surface area contributed by atoms with Crippen LogP contribution < -0.4 is 9.47 Å². The number of fused-ring (bicyclic) bond motifs is 1. The van der Waals surface area contributed by atoms with Gasteiger partial charge in [0.05, 0.1) is 20.6 Å². The molecule has 0 saturated heterocycles. The minimum atomic E-state index is -0.445. The molecule has 1 amide bonds. The van der Waals surface area contributed by atoms with E-state index in [2.05, 4.69) is 0 Å². The van der Waals surface area contributed by atoms with Crippen LogP contribution in [0.1, 0.15) is 16.7 Å². The second-order valence-electron chi connectivity index (χ2n) is 6.51. The van der Waals surface area contributed by atoms with E-state index in [0.29, 0.717) is 36.0 Å². The quantitative estimate of drug-likeness (QED) is 0.694. The van der Waals surface area contributed by atoms with Crippen molar-refractivity contribution in [2.24, 2.45) is 0 Å². The fourth-order valence-corrected chi connectivity index (χ4v) is 3.28. The topological polar surface area (TPSA) is 65.1 Å². The molecule has 0 fully saturated rings. The smallest absolute Gasteiger partial charge is 0.310 e. The fourth-order valence-electron chi connectivity index (χ4n) is 3.15. The average molecular weight is 404 g/mol. The molecule has 28 heavy (non-hydrogen) atoms. The first kappa shape index (κ1) is 20.0. The van der Waals surface area contributed by atoms with E-state index in [0.717, 1.165) is 16.7 Å². The van der Waals surface area contributed by atoms with Gasteiger partial charge in [0.1, 0.15) is 0 Å². The number of halogens is 1. The summed E-state index contributed by atoms with van der Waals surface area (Å²) in [6.45, 7) is 0.744. The van der Waals surface area contributed by atoms with Crippen molar-refractivity contribution in [3.8, 4) is 11.5 Å². The maximum atomic E-state index is 12.5. The number of amides is 1. The summed E-state index contributed by atoms with van der Waals surface area (Å²) in [5, 5.41) is 0.604. The molecule has 0 radical (unpaired) electrons. The van der Waals surface area contributed by atoms with E-state index >= 15 is 0 Å². The lowest BCUT2D eigenvalue weighted by Gasteiger charge is -2.29. The Labute approximate surface area is 168 Å². The molecule has 7 heteroatoms. The van der Waals surface area contributed by atoms with E-state index < -0.39 is 5.97 Å². The van der Waals surface area contributed by atoms with Crippen LogP contribution in [0.4, 0.5) is 0 Å². The Kier molecular flexibility index (Phi) is 6.41. The van der Waals surface area contributed by atoms with Crippen molar-refractivity contribution in [1.82, 2.24) is 4.90 Å². The van der Waals surface area contributed by atoms with Gasteiger partial charge in [0.25, 0.3) is 5.91 Å². The normalized spacial score (nSPS) is 12.9. The maximum Gasteiger partial charge on any atom is 0.310 e. The van der Waals surface area contributed by atoms with Gasteiger partial charge in [-0.25, -0.2) is 0 Å². The molecule has 0 atom stereocenters. The van der Waals surface area contributed by atoms with E-state index in [9.17, 15) is 9.59 Å². The van der Waals surface area contributed by atoms with E-state index in [1.54, 1.807) is 43.4 Å². The highest BCUT2D eigenvalue weighted by atomic mass is 35.5. The zero-order valence-corrected chi connectivity index (χ0v) is 16.6. The second-order valence-corrected chi connectivity index (χ2v) is 6.94. The monoisotopic (exact) mass is 403 g/mol. The first-order valence-corrected chi connectivity index (χ1v) is 9.29. The molecule has 0 saturated carbocycles. The number of methoxy groups -OCH3 is 2. The molecule has 0 aromatic heterocycles. The van der Waals surface area contributed by atoms with Crippen molar-refractivity contribution in [2.45, 2.75) is 19.4 Å². The van der Waals surface area contributed by atoms with Crippen LogP contribution in [0.15, 0.2) is 36.4 Å². The number of ether oxygens (including phenoxy) is 3. The Hall–Kier alpha value is -2.73. The van der Waals surface area contributed by atoms with Crippen molar-refractivity contribution < 1.29 is 23.8 Å². The summed E-state index contributed by atoms with van der Waals surface area (Å²) in [4.78, 5) is 26.1. The van der Waals surface area contributed by atoms with Gasteiger partial charge in [0.15, 0.2) is 18.1 Å². The number of esters is 1. The predicted octanol–water partition coefficient (Wildman–Crippen LogP) is 3.03. The first-order chi connectivity index (χ1) is 13.5. The summed E-state index contributed by atoms with van der Waals surface area (Å²) < 4.78 is 15.8. The molecular formula is C21H22ClNO5. The van der Waals surface area contributed by atoms with Crippen molar-refractivity contribution in [3.05, 3.63) is 58.1 Å². The SMILES string of the molecule is COc1cc2c(cc1OC)CN(C(=O)COC(=O)Cc1ccc(Cl)cc1)CC2. The number of rotatable bonds is 6. The van der Waals surface area contributed by atoms with Crippen molar-refractivity contribution in [1.29, 1.82) is 0 Å². The zero-order valence-electron chi connectivity index (χ0n) is 15.9. The van der Waals surface area contributed by atoms with Gasteiger partial charge in [0.2, 0.25) is 0 Å². The molecule has 1 aliphatic heterocycles. The third-order valence-electron chi connectivity index (χ3n) is 4.69. The standard InChI is InChI=1S/C21H22ClNO5/c1-26-18-10-15-7-8-23(12-16(15)11-19(18)27-2)20(24)13-28-21(25)9-14-3-5-17(22)6-4-14/h3-6,10-11H,7-9,12-13H2,1-2H3. The summed E-state index contributed by atoms with van der Waals surface area (Å²) in [6.07, 6.45) is 0.810. The highest BCUT2D eigenvalue weighted by Gasteiger charge is 2.23. The lowest BCUT2D eigenvalue weighted by atomic mass is 9.99. The molecule has 0 unspecified atom stereocenters. The van der Waals surface area contributed by atoms with Gasteiger partial charge < -0.3 is 19.1 Å². The number of carbonyl (C=O) groups excluding carboxylic acids is 2. The lowest BCUT2D eigenvalue weighted by molar-refractivity contribution is -0.151. The number of benzene rings is 2. The first-order valence-electron chi connectivity index (χ1n) is 8.91. The predicted molar refractivity (Wildman–Crippen MR) is 105 cm³/mol.